The monoisotopic (exact) mass is 678 g/mol. The molecule has 0 atom stereocenters. The summed E-state index contributed by atoms with van der Waals surface area (Å²) in [6.07, 6.45) is 0. The number of benzene rings is 9. The Hall–Kier alpha value is -7.17. The molecule has 0 spiro atoms. The van der Waals surface area contributed by atoms with Crippen LogP contribution < -0.4 is 4.90 Å². The van der Waals surface area contributed by atoms with Crippen LogP contribution in [0.25, 0.3) is 87.9 Å². The van der Waals surface area contributed by atoms with Gasteiger partial charge in [0.15, 0.2) is 5.58 Å². The molecule has 0 amide bonds. The highest BCUT2D eigenvalue weighted by Crippen LogP contribution is 2.44. The van der Waals surface area contributed by atoms with Gasteiger partial charge in [0.1, 0.15) is 16.7 Å². The number of hydrogen-bond donors (Lipinski definition) is 0. The Bertz CT molecular complexity index is 3160. The normalized spacial score (nSPS) is 11.8. The smallest absolute Gasteiger partial charge is 0.227 e. The largest absolute Gasteiger partial charge is 0.456 e. The van der Waals surface area contributed by atoms with Crippen molar-refractivity contribution in [2.75, 3.05) is 4.90 Å². The number of anilines is 3. The highest BCUT2D eigenvalue weighted by Gasteiger charge is 2.20. The minimum absolute atomic E-state index is 0.618. The van der Waals surface area contributed by atoms with Gasteiger partial charge >= 0.3 is 0 Å². The number of para-hydroxylation sites is 1. The van der Waals surface area contributed by atoms with E-state index in [0.29, 0.717) is 5.89 Å². The lowest BCUT2D eigenvalue weighted by molar-refractivity contribution is 0.623. The molecule has 2 aromatic heterocycles. The van der Waals surface area contributed by atoms with Gasteiger partial charge < -0.3 is 13.7 Å². The number of furan rings is 1. The summed E-state index contributed by atoms with van der Waals surface area (Å²) in [6, 6.07) is 63.9. The maximum Gasteiger partial charge on any atom is 0.227 e. The lowest BCUT2D eigenvalue weighted by Gasteiger charge is -2.26. The number of nitrogens with zero attached hydrogens (tertiary/aromatic N) is 2. The summed E-state index contributed by atoms with van der Waals surface area (Å²) in [6.45, 7) is 0. The van der Waals surface area contributed by atoms with Gasteiger partial charge in [0.25, 0.3) is 0 Å². The minimum atomic E-state index is 0.618. The van der Waals surface area contributed by atoms with Gasteiger partial charge in [-0.1, -0.05) is 121 Å². The molecular formula is C49H30N2O2. The van der Waals surface area contributed by atoms with Crippen LogP contribution in [0, 0.1) is 0 Å². The SMILES string of the molecule is c1ccc(-c2ccc(N(c3ccc4oc5ccccc5c4c3)c3ccc4ccc5c6ccccc6c6oc(-c7ccccc7)nc6c5c4c3)cc2)cc1. The van der Waals surface area contributed by atoms with Gasteiger partial charge in [-0.15, -0.1) is 0 Å². The van der Waals surface area contributed by atoms with Crippen molar-refractivity contribution in [3.63, 3.8) is 0 Å². The molecule has 11 rings (SSSR count). The average Bonchev–Trinajstić information content (AvgIpc) is 3.84. The van der Waals surface area contributed by atoms with Crippen LogP contribution in [-0.2, 0) is 0 Å². The quantitative estimate of drug-likeness (QED) is 0.170. The van der Waals surface area contributed by atoms with Crippen molar-refractivity contribution in [1.82, 2.24) is 4.98 Å². The maximum atomic E-state index is 6.63. The van der Waals surface area contributed by atoms with Crippen LogP contribution in [0.5, 0.6) is 0 Å². The molecule has 4 heteroatoms. The number of hydrogen-bond acceptors (Lipinski definition) is 4. The fourth-order valence-corrected chi connectivity index (χ4v) is 7.95. The van der Waals surface area contributed by atoms with Gasteiger partial charge in [0.05, 0.1) is 0 Å². The number of rotatable bonds is 5. The molecule has 0 bridgehead atoms. The Kier molecular flexibility index (Phi) is 6.52. The summed E-state index contributed by atoms with van der Waals surface area (Å²) in [7, 11) is 0. The topological polar surface area (TPSA) is 42.4 Å². The summed E-state index contributed by atoms with van der Waals surface area (Å²) in [5, 5.41) is 8.87. The Morgan fingerprint density at radius 1 is 0.377 bits per heavy atom. The molecule has 0 saturated carbocycles. The summed E-state index contributed by atoms with van der Waals surface area (Å²) >= 11 is 0. The third-order valence-electron chi connectivity index (χ3n) is 10.5. The van der Waals surface area contributed by atoms with Crippen LogP contribution in [-0.4, -0.2) is 4.98 Å². The molecule has 0 aliphatic heterocycles. The van der Waals surface area contributed by atoms with E-state index < -0.39 is 0 Å². The standard InChI is InChI=1S/C49H30N2O2/c1-3-11-31(12-4-1)32-19-23-35(24-20-32)51(37-26-28-45-43(30-37)39-16-9-10-18-44(39)52-45)36-25-21-33-22-27-40-38-15-7-8-17-41(38)48-47(46(40)42(33)29-36)50-49(53-48)34-13-5-2-6-14-34/h1-30H. The Morgan fingerprint density at radius 3 is 1.75 bits per heavy atom. The zero-order valence-electron chi connectivity index (χ0n) is 28.5. The lowest BCUT2D eigenvalue weighted by atomic mass is 9.95. The first-order chi connectivity index (χ1) is 26.3. The summed E-state index contributed by atoms with van der Waals surface area (Å²) in [4.78, 5) is 7.55. The summed E-state index contributed by atoms with van der Waals surface area (Å²) in [5.74, 6) is 0.618. The highest BCUT2D eigenvalue weighted by molar-refractivity contribution is 6.29. The van der Waals surface area contributed by atoms with Crippen molar-refractivity contribution in [3.8, 4) is 22.6 Å². The first-order valence-corrected chi connectivity index (χ1v) is 17.9. The second-order valence-electron chi connectivity index (χ2n) is 13.5. The molecular weight excluding hydrogens is 649 g/mol. The van der Waals surface area contributed by atoms with Gasteiger partial charge in [-0.3, -0.25) is 0 Å². The maximum absolute atomic E-state index is 6.63. The Morgan fingerprint density at radius 2 is 0.962 bits per heavy atom. The molecule has 0 radical (unpaired) electrons. The summed E-state index contributed by atoms with van der Waals surface area (Å²) in [5.41, 5.74) is 9.87. The van der Waals surface area contributed by atoms with E-state index in [1.807, 2.05) is 42.5 Å². The molecule has 0 unspecified atom stereocenters. The predicted octanol–water partition coefficient (Wildman–Crippen LogP) is 14.0. The van der Waals surface area contributed by atoms with Crippen molar-refractivity contribution < 1.29 is 8.83 Å². The van der Waals surface area contributed by atoms with Gasteiger partial charge in [0.2, 0.25) is 5.89 Å². The second-order valence-corrected chi connectivity index (χ2v) is 13.5. The number of aromatic nitrogens is 1. The van der Waals surface area contributed by atoms with Crippen molar-refractivity contribution in [2.24, 2.45) is 0 Å². The van der Waals surface area contributed by atoms with Crippen LogP contribution in [0.3, 0.4) is 0 Å². The van der Waals surface area contributed by atoms with Gasteiger partial charge in [0, 0.05) is 44.2 Å². The van der Waals surface area contributed by atoms with Crippen LogP contribution in [0.2, 0.25) is 0 Å². The molecule has 0 fully saturated rings. The third kappa shape index (κ3) is 4.73. The molecule has 0 saturated heterocycles. The highest BCUT2D eigenvalue weighted by atomic mass is 16.3. The van der Waals surface area contributed by atoms with E-state index in [1.165, 1.54) is 11.1 Å². The van der Waals surface area contributed by atoms with Gasteiger partial charge in [-0.25, -0.2) is 4.98 Å². The van der Waals surface area contributed by atoms with E-state index in [0.717, 1.165) is 88.0 Å². The molecule has 248 valence electrons. The van der Waals surface area contributed by atoms with Crippen LogP contribution in [0.15, 0.2) is 191 Å². The average molecular weight is 679 g/mol. The molecule has 9 aromatic carbocycles. The Balaban J connectivity index is 1.17. The van der Waals surface area contributed by atoms with E-state index in [4.69, 9.17) is 13.8 Å². The van der Waals surface area contributed by atoms with E-state index in [1.54, 1.807) is 0 Å². The molecule has 2 heterocycles. The molecule has 0 aliphatic rings. The molecule has 53 heavy (non-hydrogen) atoms. The minimum Gasteiger partial charge on any atom is -0.456 e. The third-order valence-corrected chi connectivity index (χ3v) is 10.5. The van der Waals surface area contributed by atoms with E-state index >= 15 is 0 Å². The fourth-order valence-electron chi connectivity index (χ4n) is 7.95. The zero-order valence-corrected chi connectivity index (χ0v) is 28.5. The number of oxazole rings is 1. The van der Waals surface area contributed by atoms with Crippen molar-refractivity contribution in [1.29, 1.82) is 0 Å². The van der Waals surface area contributed by atoms with Crippen molar-refractivity contribution in [2.45, 2.75) is 0 Å². The second kappa shape index (κ2) is 11.7. The predicted molar refractivity (Wildman–Crippen MR) is 219 cm³/mol. The first kappa shape index (κ1) is 29.5. The van der Waals surface area contributed by atoms with E-state index in [2.05, 4.69) is 144 Å². The van der Waals surface area contributed by atoms with Crippen LogP contribution >= 0.6 is 0 Å². The van der Waals surface area contributed by atoms with Crippen LogP contribution in [0.4, 0.5) is 17.1 Å². The number of fused-ring (bicyclic) bond motifs is 11. The summed E-state index contributed by atoms with van der Waals surface area (Å²) < 4.78 is 12.9. The zero-order chi connectivity index (χ0) is 34.9. The molecule has 11 aromatic rings. The van der Waals surface area contributed by atoms with Gasteiger partial charge in [-0.2, -0.15) is 0 Å². The fraction of sp³-hybridized carbons (Fsp3) is 0. The van der Waals surface area contributed by atoms with E-state index in [9.17, 15) is 0 Å². The Labute approximate surface area is 304 Å². The van der Waals surface area contributed by atoms with Gasteiger partial charge in [-0.05, 0) is 93.3 Å². The van der Waals surface area contributed by atoms with Crippen molar-refractivity contribution in [3.05, 3.63) is 182 Å². The molecule has 0 aliphatic carbocycles. The molecule has 0 N–H and O–H groups in total. The van der Waals surface area contributed by atoms with E-state index in [-0.39, 0.29) is 0 Å². The van der Waals surface area contributed by atoms with Crippen LogP contribution in [0.1, 0.15) is 0 Å². The first-order valence-electron chi connectivity index (χ1n) is 17.9. The lowest BCUT2D eigenvalue weighted by Crippen LogP contribution is -2.09. The molecule has 4 nitrogen and oxygen atoms in total. The van der Waals surface area contributed by atoms with Crippen molar-refractivity contribution >= 4 is 82.4 Å².